The van der Waals surface area contributed by atoms with Crippen LogP contribution in [0.4, 0.5) is 13.2 Å². The zero-order valence-electron chi connectivity index (χ0n) is 30.8. The minimum absolute atomic E-state index is 0.118. The second-order valence-corrected chi connectivity index (χ2v) is 14.3. The number of aliphatic hydroxyl groups is 1. The number of nitrogens with zero attached hydrogens (tertiary/aromatic N) is 5. The van der Waals surface area contributed by atoms with E-state index in [4.69, 9.17) is 19.7 Å². The van der Waals surface area contributed by atoms with Crippen molar-refractivity contribution in [3.05, 3.63) is 134 Å². The molecule has 8 bridgehead atoms. The molecule has 0 unspecified atom stereocenters. The number of carbonyl (C=O) groups excluding carboxylic acids is 1. The molecule has 6 heterocycles. The van der Waals surface area contributed by atoms with Crippen molar-refractivity contribution in [2.45, 2.75) is 66.5 Å². The minimum Gasteiger partial charge on any atom is -0.511 e. The van der Waals surface area contributed by atoms with Gasteiger partial charge in [0.2, 0.25) is 0 Å². The molecule has 276 valence electrons. The number of hydrogen-bond acceptors (Lipinski definition) is 8. The van der Waals surface area contributed by atoms with Gasteiger partial charge >= 0.3 is 12.1 Å². The number of benzene rings is 1. The number of nitrogens with one attached hydrogen (secondary N) is 1. The van der Waals surface area contributed by atoms with Crippen molar-refractivity contribution < 1.29 is 27.8 Å². The van der Waals surface area contributed by atoms with Crippen LogP contribution in [0, 0.1) is 11.8 Å². The second-order valence-electron chi connectivity index (χ2n) is 14.3. The van der Waals surface area contributed by atoms with Gasteiger partial charge in [-0.25, -0.2) is 19.7 Å². The number of alkyl halides is 3. The van der Waals surface area contributed by atoms with Gasteiger partial charge in [-0.1, -0.05) is 32.0 Å². The largest absolute Gasteiger partial charge is 0.511 e. The molecule has 54 heavy (non-hydrogen) atoms. The van der Waals surface area contributed by atoms with Crippen molar-refractivity contribution >= 4 is 28.7 Å². The number of carbonyl (C=O) groups is 1. The molecule has 1 aliphatic carbocycles. The third kappa shape index (κ3) is 5.66. The average molecular weight is 733 g/mol. The molecule has 1 aromatic heterocycles. The van der Waals surface area contributed by atoms with Crippen LogP contribution in [0.15, 0.2) is 137 Å². The standard InChI is InChI=1S/C42H39F3N6O3/c1-7-25-20(2)28-18-33-38(34-19-36(42(43,44)45)50-51(34)24-11-9-8-10-12-24)22(4)30(47-33)16-29-21(3)26(13-14-37(53)54-6)40(48-29)27-15-35(52)39-23(5)31(49-41(27)39)17-32(25)46-28/h8-12,16-19,21,26,48,52H,7,13-15H2,1-6H3/t21-,26-/m0/s1. The molecule has 0 radical (unpaired) electrons. The summed E-state index contributed by atoms with van der Waals surface area (Å²) >= 11 is 0. The van der Waals surface area contributed by atoms with Crippen LogP contribution in [0.3, 0.4) is 0 Å². The van der Waals surface area contributed by atoms with Gasteiger partial charge in [0.1, 0.15) is 5.76 Å². The number of aromatic nitrogens is 2. The topological polar surface area (TPSA) is 113 Å². The molecule has 1 aromatic carbocycles. The minimum atomic E-state index is -4.68. The van der Waals surface area contributed by atoms with Crippen LogP contribution in [0.2, 0.25) is 0 Å². The number of rotatable bonds is 6. The highest BCUT2D eigenvalue weighted by atomic mass is 19.4. The first-order chi connectivity index (χ1) is 25.8. The number of fused-ring (bicyclic) bond motifs is 5. The number of esters is 1. The number of hydrogen-bond donors (Lipinski definition) is 2. The van der Waals surface area contributed by atoms with Crippen LogP contribution in [0.5, 0.6) is 0 Å². The normalized spacial score (nSPS) is 22.2. The third-order valence-electron chi connectivity index (χ3n) is 11.2. The van der Waals surface area contributed by atoms with Crippen molar-refractivity contribution in [3.63, 3.8) is 0 Å². The highest BCUT2D eigenvalue weighted by Crippen LogP contribution is 2.47. The zero-order chi connectivity index (χ0) is 38.2. The first-order valence-electron chi connectivity index (χ1n) is 18.1. The van der Waals surface area contributed by atoms with Crippen LogP contribution in [0.25, 0.3) is 11.3 Å². The predicted molar refractivity (Wildman–Crippen MR) is 202 cm³/mol. The Balaban J connectivity index is 1.38. The van der Waals surface area contributed by atoms with Gasteiger partial charge in [-0.2, -0.15) is 18.3 Å². The summed E-state index contributed by atoms with van der Waals surface area (Å²) in [6, 6.07) is 9.84. The van der Waals surface area contributed by atoms with E-state index in [0.29, 0.717) is 58.2 Å². The van der Waals surface area contributed by atoms with Gasteiger partial charge in [0.25, 0.3) is 0 Å². The molecule has 1 saturated heterocycles. The lowest BCUT2D eigenvalue weighted by molar-refractivity contribution is -0.142. The molecule has 2 atom stereocenters. The number of halogens is 3. The van der Waals surface area contributed by atoms with E-state index in [9.17, 15) is 23.1 Å². The van der Waals surface area contributed by atoms with Gasteiger partial charge in [-0.05, 0) is 92.3 Å². The van der Waals surface area contributed by atoms with Crippen molar-refractivity contribution in [2.24, 2.45) is 26.8 Å². The van der Waals surface area contributed by atoms with Gasteiger partial charge in [0.05, 0.1) is 52.7 Å². The van der Waals surface area contributed by atoms with E-state index >= 15 is 0 Å². The quantitative estimate of drug-likeness (QED) is 0.288. The monoisotopic (exact) mass is 732 g/mol. The summed E-state index contributed by atoms with van der Waals surface area (Å²) in [4.78, 5) is 27.7. The Hall–Kier alpha value is -5.78. The van der Waals surface area contributed by atoms with E-state index in [1.165, 1.54) is 11.8 Å². The third-order valence-corrected chi connectivity index (χ3v) is 11.2. The lowest BCUT2D eigenvalue weighted by Gasteiger charge is -2.17. The van der Waals surface area contributed by atoms with Crippen LogP contribution < -0.4 is 5.32 Å². The highest BCUT2D eigenvalue weighted by molar-refractivity contribution is 6.22. The van der Waals surface area contributed by atoms with Gasteiger partial charge in [-0.15, -0.1) is 0 Å². The summed E-state index contributed by atoms with van der Waals surface area (Å²) in [5, 5.41) is 19.1. The average Bonchev–Trinajstić information content (AvgIpc) is 3.97. The molecule has 12 heteroatoms. The Labute approximate surface area is 310 Å². The second kappa shape index (κ2) is 13.0. The molecular formula is C42H39F3N6O3. The molecule has 2 N–H and O–H groups in total. The first kappa shape index (κ1) is 35.3. The molecule has 2 aromatic rings. The molecule has 5 aliphatic heterocycles. The van der Waals surface area contributed by atoms with Crippen molar-refractivity contribution in [1.82, 2.24) is 15.1 Å². The van der Waals surface area contributed by atoms with Crippen LogP contribution in [0.1, 0.15) is 71.7 Å². The maximum Gasteiger partial charge on any atom is 0.435 e. The van der Waals surface area contributed by atoms with Crippen molar-refractivity contribution in [1.29, 1.82) is 0 Å². The molecular weight excluding hydrogens is 693 g/mol. The lowest BCUT2D eigenvalue weighted by atomic mass is 9.86. The van der Waals surface area contributed by atoms with E-state index in [1.807, 2.05) is 39.0 Å². The Morgan fingerprint density at radius 1 is 0.981 bits per heavy atom. The summed E-state index contributed by atoms with van der Waals surface area (Å²) in [6.45, 7) is 9.92. The smallest absolute Gasteiger partial charge is 0.435 e. The van der Waals surface area contributed by atoms with Crippen molar-refractivity contribution in [3.8, 4) is 5.69 Å². The van der Waals surface area contributed by atoms with Crippen LogP contribution >= 0.6 is 0 Å². The Kier molecular flexibility index (Phi) is 8.46. The molecule has 0 amide bonds. The number of aliphatic imine (C=N–C) groups is 3. The van der Waals surface area contributed by atoms with Gasteiger partial charge in [0.15, 0.2) is 5.69 Å². The van der Waals surface area contributed by atoms with E-state index in [1.54, 1.807) is 30.3 Å². The fraction of sp³-hybridized carbons (Fsp3) is 0.310. The Morgan fingerprint density at radius 2 is 1.70 bits per heavy atom. The van der Waals surface area contributed by atoms with Gasteiger partial charge in [-0.3, -0.25) is 4.79 Å². The first-order valence-corrected chi connectivity index (χ1v) is 18.1. The van der Waals surface area contributed by atoms with Gasteiger partial charge < -0.3 is 15.2 Å². The highest BCUT2D eigenvalue weighted by Gasteiger charge is 2.42. The lowest BCUT2D eigenvalue weighted by Crippen LogP contribution is -2.16. The fourth-order valence-electron chi connectivity index (χ4n) is 8.27. The summed E-state index contributed by atoms with van der Waals surface area (Å²) in [5.74, 6) is -0.345. The summed E-state index contributed by atoms with van der Waals surface area (Å²) in [7, 11) is 1.37. The van der Waals surface area contributed by atoms with Crippen molar-refractivity contribution in [2.75, 3.05) is 7.11 Å². The Bertz CT molecular complexity index is 2410. The van der Waals surface area contributed by atoms with E-state index in [2.05, 4.69) is 24.3 Å². The van der Waals surface area contributed by atoms with E-state index in [0.717, 1.165) is 51.0 Å². The Morgan fingerprint density at radius 3 is 2.41 bits per heavy atom. The molecule has 6 aliphatic rings. The number of methoxy groups -OCH3 is 1. The zero-order valence-corrected chi connectivity index (χ0v) is 30.8. The van der Waals surface area contributed by atoms with E-state index < -0.39 is 11.9 Å². The number of para-hydroxylation sites is 1. The number of allylic oxidation sites excluding steroid dienone is 12. The SMILES string of the molecule is CCC1=C(C)C2=NC1=CC1=C(C)C3=C(O)CC(=C4NC(=CC5=NC(=C2)C(c2cc(C(F)(F)F)nn2-c2ccccc2)=C5C)[C@@H](C)[C@@H]4CCC(=O)OC)C3=N1. The number of aliphatic hydroxyl groups excluding tert-OH is 1. The van der Waals surface area contributed by atoms with Crippen LogP contribution in [-0.2, 0) is 15.7 Å². The molecule has 1 fully saturated rings. The molecule has 8 rings (SSSR count). The van der Waals surface area contributed by atoms with Gasteiger partial charge in [0, 0.05) is 52.8 Å². The summed E-state index contributed by atoms with van der Waals surface area (Å²) in [6.07, 6.45) is 2.69. The maximum absolute atomic E-state index is 14.3. The van der Waals surface area contributed by atoms with Crippen LogP contribution in [-0.4, -0.2) is 45.1 Å². The summed E-state index contributed by atoms with van der Waals surface area (Å²) in [5.41, 5.74) is 10.8. The van der Waals surface area contributed by atoms with E-state index in [-0.39, 0.29) is 42.1 Å². The molecule has 9 nitrogen and oxygen atoms in total. The predicted octanol–water partition coefficient (Wildman–Crippen LogP) is 8.97. The molecule has 0 saturated carbocycles. The summed E-state index contributed by atoms with van der Waals surface area (Å²) < 4.78 is 49.3. The fourth-order valence-corrected chi connectivity index (χ4v) is 8.27. The molecule has 0 spiro atoms. The maximum atomic E-state index is 14.3. The number of ether oxygens (including phenoxy) is 1.